The predicted molar refractivity (Wildman–Crippen MR) is 90.1 cm³/mol. The van der Waals surface area contributed by atoms with Gasteiger partial charge in [-0.2, -0.15) is 0 Å². The second-order valence-corrected chi connectivity index (χ2v) is 5.99. The Morgan fingerprint density at radius 1 is 1.05 bits per heavy atom. The van der Waals surface area contributed by atoms with Gasteiger partial charge in [0.15, 0.2) is 0 Å². The molecular formula is C19H19NO2. The van der Waals surface area contributed by atoms with Crippen molar-refractivity contribution in [1.29, 1.82) is 0 Å². The van der Waals surface area contributed by atoms with Gasteiger partial charge in [0, 0.05) is 29.1 Å². The van der Waals surface area contributed by atoms with Gasteiger partial charge in [-0.15, -0.1) is 0 Å². The van der Waals surface area contributed by atoms with Crippen LogP contribution in [0.2, 0.25) is 0 Å². The van der Waals surface area contributed by atoms with E-state index in [1.165, 1.54) is 0 Å². The van der Waals surface area contributed by atoms with E-state index in [0.29, 0.717) is 17.8 Å². The predicted octanol–water partition coefficient (Wildman–Crippen LogP) is 4.03. The van der Waals surface area contributed by atoms with Crippen molar-refractivity contribution in [2.75, 3.05) is 0 Å². The van der Waals surface area contributed by atoms with Crippen LogP contribution in [-0.4, -0.2) is 9.67 Å². The van der Waals surface area contributed by atoms with E-state index in [2.05, 4.69) is 13.8 Å². The Hall–Kier alpha value is -2.55. The molecule has 0 aliphatic heterocycles. The summed E-state index contributed by atoms with van der Waals surface area (Å²) in [5, 5.41) is 11.2. The van der Waals surface area contributed by atoms with E-state index in [-0.39, 0.29) is 11.3 Å². The monoisotopic (exact) mass is 293 g/mol. The highest BCUT2D eigenvalue weighted by Crippen LogP contribution is 2.29. The van der Waals surface area contributed by atoms with E-state index in [1.807, 2.05) is 36.5 Å². The molecule has 3 rings (SSSR count). The lowest BCUT2D eigenvalue weighted by Gasteiger charge is -2.14. The van der Waals surface area contributed by atoms with Crippen molar-refractivity contribution in [1.82, 2.24) is 4.57 Å². The minimum atomic E-state index is -0.0108. The number of aromatic hydroxyl groups is 1. The van der Waals surface area contributed by atoms with Gasteiger partial charge in [-0.05, 0) is 29.7 Å². The molecule has 0 aliphatic carbocycles. The smallest absolute Gasteiger partial charge is 0.258 e. The molecule has 1 N–H and O–H groups in total. The average Bonchev–Trinajstić information content (AvgIpc) is 2.50. The summed E-state index contributed by atoms with van der Waals surface area (Å²) in [6.07, 6.45) is 1.90. The Labute approximate surface area is 129 Å². The number of rotatable bonds is 3. The summed E-state index contributed by atoms with van der Waals surface area (Å²) < 4.78 is 1.77. The summed E-state index contributed by atoms with van der Waals surface area (Å²) in [6, 6.07) is 14.9. The van der Waals surface area contributed by atoms with Crippen LogP contribution < -0.4 is 5.56 Å². The SMILES string of the molecule is CC(C)Cn1cc(-c2ccccc2)c2cc(O)ccc2c1=O. The minimum Gasteiger partial charge on any atom is -0.508 e. The van der Waals surface area contributed by atoms with E-state index in [1.54, 1.807) is 22.8 Å². The molecule has 3 nitrogen and oxygen atoms in total. The van der Waals surface area contributed by atoms with Crippen molar-refractivity contribution < 1.29 is 5.11 Å². The molecule has 0 bridgehead atoms. The Morgan fingerprint density at radius 2 is 1.77 bits per heavy atom. The van der Waals surface area contributed by atoms with Gasteiger partial charge in [0.2, 0.25) is 0 Å². The van der Waals surface area contributed by atoms with Gasteiger partial charge < -0.3 is 9.67 Å². The number of phenolic OH excluding ortho intramolecular Hbond substituents is 1. The van der Waals surface area contributed by atoms with Crippen molar-refractivity contribution in [3.05, 3.63) is 65.1 Å². The molecule has 0 saturated heterocycles. The largest absolute Gasteiger partial charge is 0.508 e. The number of phenols is 1. The third-order valence-electron chi connectivity index (χ3n) is 3.72. The summed E-state index contributed by atoms with van der Waals surface area (Å²) in [4.78, 5) is 12.6. The van der Waals surface area contributed by atoms with Crippen LogP contribution in [-0.2, 0) is 6.54 Å². The van der Waals surface area contributed by atoms with E-state index in [9.17, 15) is 9.90 Å². The molecule has 112 valence electrons. The summed E-state index contributed by atoms with van der Waals surface area (Å²) in [6.45, 7) is 4.86. The molecule has 0 saturated carbocycles. The number of fused-ring (bicyclic) bond motifs is 1. The molecule has 22 heavy (non-hydrogen) atoms. The fourth-order valence-electron chi connectivity index (χ4n) is 2.76. The molecule has 1 aromatic heterocycles. The summed E-state index contributed by atoms with van der Waals surface area (Å²) in [5.74, 6) is 0.557. The molecule has 3 aromatic rings. The van der Waals surface area contributed by atoms with E-state index in [4.69, 9.17) is 0 Å². The van der Waals surface area contributed by atoms with Gasteiger partial charge in [0.1, 0.15) is 5.75 Å². The zero-order chi connectivity index (χ0) is 15.7. The lowest BCUT2D eigenvalue weighted by Crippen LogP contribution is -2.22. The number of hydrogen-bond donors (Lipinski definition) is 1. The standard InChI is InChI=1S/C19H19NO2/c1-13(2)11-20-12-18(14-6-4-3-5-7-14)17-10-15(21)8-9-16(17)19(20)22/h3-10,12-13,21H,11H2,1-2H3. The molecule has 0 spiro atoms. The Kier molecular flexibility index (Phi) is 3.72. The van der Waals surface area contributed by atoms with E-state index in [0.717, 1.165) is 16.5 Å². The lowest BCUT2D eigenvalue weighted by molar-refractivity contribution is 0.476. The molecule has 2 aromatic carbocycles. The first-order chi connectivity index (χ1) is 10.6. The summed E-state index contributed by atoms with van der Waals surface area (Å²) in [5.41, 5.74) is 1.99. The molecule has 0 radical (unpaired) electrons. The highest BCUT2D eigenvalue weighted by atomic mass is 16.3. The topological polar surface area (TPSA) is 42.2 Å². The number of hydrogen-bond acceptors (Lipinski definition) is 2. The number of pyridine rings is 1. The van der Waals surface area contributed by atoms with Gasteiger partial charge in [0.05, 0.1) is 0 Å². The first kappa shape index (κ1) is 14.4. The summed E-state index contributed by atoms with van der Waals surface area (Å²) >= 11 is 0. The van der Waals surface area contributed by atoms with Crippen molar-refractivity contribution in [2.24, 2.45) is 5.92 Å². The Bertz CT molecular complexity index is 864. The third kappa shape index (κ3) is 2.62. The minimum absolute atomic E-state index is 0.0108. The molecule has 1 heterocycles. The van der Waals surface area contributed by atoms with E-state index >= 15 is 0 Å². The molecule has 0 fully saturated rings. The fraction of sp³-hybridized carbons (Fsp3) is 0.211. The van der Waals surface area contributed by atoms with Gasteiger partial charge >= 0.3 is 0 Å². The maximum atomic E-state index is 12.6. The van der Waals surface area contributed by atoms with Crippen molar-refractivity contribution in [3.8, 4) is 16.9 Å². The zero-order valence-corrected chi connectivity index (χ0v) is 12.8. The molecule has 0 unspecified atom stereocenters. The quantitative estimate of drug-likeness (QED) is 0.792. The van der Waals surface area contributed by atoms with Crippen LogP contribution in [0.15, 0.2) is 59.5 Å². The van der Waals surface area contributed by atoms with Crippen molar-refractivity contribution in [3.63, 3.8) is 0 Å². The van der Waals surface area contributed by atoms with Gasteiger partial charge in [-0.3, -0.25) is 4.79 Å². The second kappa shape index (κ2) is 5.68. The number of benzene rings is 2. The molecular weight excluding hydrogens is 274 g/mol. The number of aromatic nitrogens is 1. The Morgan fingerprint density at radius 3 is 2.45 bits per heavy atom. The van der Waals surface area contributed by atoms with Crippen molar-refractivity contribution in [2.45, 2.75) is 20.4 Å². The maximum Gasteiger partial charge on any atom is 0.258 e. The highest BCUT2D eigenvalue weighted by molar-refractivity contribution is 5.96. The van der Waals surface area contributed by atoms with Crippen LogP contribution in [0.25, 0.3) is 21.9 Å². The zero-order valence-electron chi connectivity index (χ0n) is 12.8. The van der Waals surface area contributed by atoms with Crippen LogP contribution in [0.5, 0.6) is 5.75 Å². The summed E-state index contributed by atoms with van der Waals surface area (Å²) in [7, 11) is 0. The van der Waals surface area contributed by atoms with Crippen LogP contribution in [0.1, 0.15) is 13.8 Å². The van der Waals surface area contributed by atoms with Crippen LogP contribution in [0.4, 0.5) is 0 Å². The van der Waals surface area contributed by atoms with Crippen molar-refractivity contribution >= 4 is 10.8 Å². The fourth-order valence-corrected chi connectivity index (χ4v) is 2.76. The molecule has 0 atom stereocenters. The number of nitrogens with zero attached hydrogens (tertiary/aromatic N) is 1. The van der Waals surface area contributed by atoms with E-state index < -0.39 is 0 Å². The normalized spacial score (nSPS) is 11.2. The lowest BCUT2D eigenvalue weighted by atomic mass is 10.00. The van der Waals surface area contributed by atoms with Crippen LogP contribution >= 0.6 is 0 Å². The first-order valence-electron chi connectivity index (χ1n) is 7.48. The van der Waals surface area contributed by atoms with Gasteiger partial charge in [-0.25, -0.2) is 0 Å². The molecule has 0 amide bonds. The third-order valence-corrected chi connectivity index (χ3v) is 3.72. The van der Waals surface area contributed by atoms with Crippen LogP contribution in [0, 0.1) is 5.92 Å². The van der Waals surface area contributed by atoms with Gasteiger partial charge in [-0.1, -0.05) is 44.2 Å². The second-order valence-electron chi connectivity index (χ2n) is 5.99. The average molecular weight is 293 g/mol. The highest BCUT2D eigenvalue weighted by Gasteiger charge is 2.11. The maximum absolute atomic E-state index is 12.6. The Balaban J connectivity index is 2.36. The van der Waals surface area contributed by atoms with Crippen LogP contribution in [0.3, 0.4) is 0 Å². The molecule has 3 heteroatoms. The van der Waals surface area contributed by atoms with Gasteiger partial charge in [0.25, 0.3) is 5.56 Å². The first-order valence-corrected chi connectivity index (χ1v) is 7.48. The molecule has 0 aliphatic rings.